The molecule has 0 bridgehead atoms. The van der Waals surface area contributed by atoms with E-state index in [1.54, 1.807) is 18.9 Å². The summed E-state index contributed by atoms with van der Waals surface area (Å²) < 4.78 is 13.4. The number of rotatable bonds is 9. The van der Waals surface area contributed by atoms with Crippen LogP contribution in [-0.4, -0.2) is 21.9 Å². The van der Waals surface area contributed by atoms with Crippen LogP contribution in [0.1, 0.15) is 24.4 Å². The lowest BCUT2D eigenvalue weighted by Crippen LogP contribution is -2.12. The van der Waals surface area contributed by atoms with Gasteiger partial charge in [0.15, 0.2) is 17.1 Å². The maximum atomic E-state index is 6.10. The van der Waals surface area contributed by atoms with E-state index in [0.717, 1.165) is 28.2 Å². The molecule has 3 aromatic carbocycles. The molecule has 0 aliphatic heterocycles. The number of ether oxygens (including phenoxy) is 2. The second-order valence-electron chi connectivity index (χ2n) is 7.10. The highest BCUT2D eigenvalue weighted by Gasteiger charge is 2.19. The minimum Gasteiger partial charge on any atom is -0.497 e. The number of fused-ring (bicyclic) bond motifs is 1. The van der Waals surface area contributed by atoms with Crippen molar-refractivity contribution in [2.24, 2.45) is 0 Å². The van der Waals surface area contributed by atoms with Gasteiger partial charge in [0.1, 0.15) is 11.5 Å². The van der Waals surface area contributed by atoms with Crippen LogP contribution in [0.4, 0.5) is 0 Å². The van der Waals surface area contributed by atoms with Gasteiger partial charge in [-0.15, -0.1) is 16.8 Å². The predicted octanol–water partition coefficient (Wildman–Crippen LogP) is 6.06. The number of aromatic nitrogens is 3. The Morgan fingerprint density at radius 1 is 1.00 bits per heavy atom. The van der Waals surface area contributed by atoms with Gasteiger partial charge in [0.05, 0.1) is 7.11 Å². The lowest BCUT2D eigenvalue weighted by atomic mass is 10.1. The molecule has 0 aliphatic carbocycles. The van der Waals surface area contributed by atoms with Crippen molar-refractivity contribution in [3.63, 3.8) is 0 Å². The molecule has 0 amide bonds. The van der Waals surface area contributed by atoms with Gasteiger partial charge in [-0.05, 0) is 47.5 Å². The summed E-state index contributed by atoms with van der Waals surface area (Å²) in [6.45, 7) is 6.50. The van der Waals surface area contributed by atoms with Crippen molar-refractivity contribution in [2.75, 3.05) is 7.11 Å². The number of thioether (sulfide) groups is 1. The normalized spacial score (nSPS) is 11.9. The van der Waals surface area contributed by atoms with Crippen molar-refractivity contribution in [1.82, 2.24) is 14.8 Å². The van der Waals surface area contributed by atoms with Crippen LogP contribution in [-0.2, 0) is 12.3 Å². The van der Waals surface area contributed by atoms with Gasteiger partial charge in [0.25, 0.3) is 0 Å². The van der Waals surface area contributed by atoms with Gasteiger partial charge < -0.3 is 9.47 Å². The van der Waals surface area contributed by atoms with E-state index < -0.39 is 0 Å². The molecule has 1 aromatic heterocycles. The highest BCUT2D eigenvalue weighted by molar-refractivity contribution is 7.98. The monoisotopic (exact) mass is 431 g/mol. The largest absolute Gasteiger partial charge is 0.497 e. The zero-order valence-corrected chi connectivity index (χ0v) is 18.5. The Balaban J connectivity index is 1.53. The molecule has 1 unspecified atom stereocenters. The predicted molar refractivity (Wildman–Crippen MR) is 126 cm³/mol. The van der Waals surface area contributed by atoms with Gasteiger partial charge >= 0.3 is 0 Å². The first-order valence-corrected chi connectivity index (χ1v) is 11.1. The second kappa shape index (κ2) is 9.71. The van der Waals surface area contributed by atoms with Crippen molar-refractivity contribution in [2.45, 2.75) is 30.5 Å². The van der Waals surface area contributed by atoms with E-state index in [1.807, 2.05) is 37.3 Å². The van der Waals surface area contributed by atoms with E-state index in [2.05, 4.69) is 63.8 Å². The minimum absolute atomic E-state index is 0.257. The molecule has 1 heterocycles. The van der Waals surface area contributed by atoms with Crippen molar-refractivity contribution < 1.29 is 9.47 Å². The standard InChI is InChI=1S/C25H25N3O2S/c1-4-16-28-24(18(2)30-22-14-12-21(29-3)13-15-22)26-27-25(28)31-17-20-10-7-9-19-8-5-6-11-23(19)20/h4-15,18H,1,16-17H2,2-3H3. The van der Waals surface area contributed by atoms with Gasteiger partial charge in [-0.2, -0.15) is 0 Å². The molecule has 4 aromatic rings. The molecule has 0 saturated heterocycles. The molecule has 0 fully saturated rings. The lowest BCUT2D eigenvalue weighted by molar-refractivity contribution is 0.210. The second-order valence-corrected chi connectivity index (χ2v) is 8.05. The summed E-state index contributed by atoms with van der Waals surface area (Å²) in [5.41, 5.74) is 1.28. The Kier molecular flexibility index (Phi) is 6.57. The minimum atomic E-state index is -0.257. The summed E-state index contributed by atoms with van der Waals surface area (Å²) >= 11 is 1.67. The molecule has 31 heavy (non-hydrogen) atoms. The van der Waals surface area contributed by atoms with Crippen LogP contribution in [0.25, 0.3) is 10.8 Å². The molecule has 0 aliphatic rings. The molecule has 0 radical (unpaired) electrons. The summed E-state index contributed by atoms with van der Waals surface area (Å²) in [5, 5.41) is 12.2. The summed E-state index contributed by atoms with van der Waals surface area (Å²) in [6, 6.07) is 22.4. The van der Waals surface area contributed by atoms with Crippen molar-refractivity contribution in [1.29, 1.82) is 0 Å². The van der Waals surface area contributed by atoms with Crippen molar-refractivity contribution in [3.05, 3.63) is 90.8 Å². The zero-order valence-electron chi connectivity index (χ0n) is 17.7. The first kappa shape index (κ1) is 21.0. The lowest BCUT2D eigenvalue weighted by Gasteiger charge is -2.16. The fourth-order valence-electron chi connectivity index (χ4n) is 3.48. The molecular weight excluding hydrogens is 406 g/mol. The summed E-state index contributed by atoms with van der Waals surface area (Å²) in [4.78, 5) is 0. The Bertz CT molecular complexity index is 1170. The molecule has 6 heteroatoms. The Labute approximate surface area is 186 Å². The molecule has 4 rings (SSSR count). The number of methoxy groups -OCH3 is 1. The van der Waals surface area contributed by atoms with Crippen LogP contribution in [0.2, 0.25) is 0 Å². The first-order chi connectivity index (χ1) is 15.2. The molecule has 0 saturated carbocycles. The van der Waals surface area contributed by atoms with Crippen LogP contribution in [0.3, 0.4) is 0 Å². The number of benzene rings is 3. The molecule has 1 atom stereocenters. The van der Waals surface area contributed by atoms with E-state index in [-0.39, 0.29) is 6.10 Å². The van der Waals surface area contributed by atoms with Crippen LogP contribution in [0.5, 0.6) is 11.5 Å². The molecule has 0 spiro atoms. The summed E-state index contributed by atoms with van der Waals surface area (Å²) in [5.74, 6) is 3.13. The van der Waals surface area contributed by atoms with Gasteiger partial charge in [0, 0.05) is 12.3 Å². The Morgan fingerprint density at radius 3 is 2.52 bits per heavy atom. The van der Waals surface area contributed by atoms with Crippen LogP contribution in [0, 0.1) is 0 Å². The third kappa shape index (κ3) is 4.75. The van der Waals surface area contributed by atoms with Crippen LogP contribution >= 0.6 is 11.8 Å². The van der Waals surface area contributed by atoms with Gasteiger partial charge in [-0.3, -0.25) is 4.57 Å². The van der Waals surface area contributed by atoms with Crippen LogP contribution < -0.4 is 9.47 Å². The maximum absolute atomic E-state index is 6.10. The van der Waals surface area contributed by atoms with E-state index in [0.29, 0.717) is 6.54 Å². The number of hydrogen-bond acceptors (Lipinski definition) is 5. The molecule has 5 nitrogen and oxygen atoms in total. The fourth-order valence-corrected chi connectivity index (χ4v) is 4.44. The number of allylic oxidation sites excluding steroid dienone is 1. The van der Waals surface area contributed by atoms with E-state index in [9.17, 15) is 0 Å². The van der Waals surface area contributed by atoms with Crippen molar-refractivity contribution in [3.8, 4) is 11.5 Å². The smallest absolute Gasteiger partial charge is 0.191 e. The van der Waals surface area contributed by atoms with E-state index in [1.165, 1.54) is 16.3 Å². The van der Waals surface area contributed by atoms with Gasteiger partial charge in [-0.25, -0.2) is 0 Å². The van der Waals surface area contributed by atoms with E-state index >= 15 is 0 Å². The highest BCUT2D eigenvalue weighted by atomic mass is 32.2. The topological polar surface area (TPSA) is 49.2 Å². The third-order valence-corrected chi connectivity index (χ3v) is 6.05. The summed E-state index contributed by atoms with van der Waals surface area (Å²) in [7, 11) is 1.65. The molecular formula is C25H25N3O2S. The van der Waals surface area contributed by atoms with Crippen LogP contribution in [0.15, 0.2) is 84.5 Å². The summed E-state index contributed by atoms with van der Waals surface area (Å²) in [6.07, 6.45) is 1.60. The van der Waals surface area contributed by atoms with Gasteiger partial charge in [0.2, 0.25) is 0 Å². The first-order valence-electron chi connectivity index (χ1n) is 10.1. The fraction of sp³-hybridized carbons (Fsp3) is 0.200. The third-order valence-electron chi connectivity index (χ3n) is 5.03. The zero-order chi connectivity index (χ0) is 21.6. The number of nitrogens with zero attached hydrogens (tertiary/aromatic N) is 3. The Morgan fingerprint density at radius 2 is 1.74 bits per heavy atom. The molecule has 0 N–H and O–H groups in total. The van der Waals surface area contributed by atoms with E-state index in [4.69, 9.17) is 9.47 Å². The number of hydrogen-bond donors (Lipinski definition) is 0. The average molecular weight is 432 g/mol. The maximum Gasteiger partial charge on any atom is 0.191 e. The van der Waals surface area contributed by atoms with Crippen molar-refractivity contribution >= 4 is 22.5 Å². The molecule has 158 valence electrons. The quantitative estimate of drug-likeness (QED) is 0.238. The van der Waals surface area contributed by atoms with Gasteiger partial charge in [-0.1, -0.05) is 60.3 Å². The SMILES string of the molecule is C=CCn1c(SCc2cccc3ccccc23)nnc1C(C)Oc1ccc(OC)cc1. The highest BCUT2D eigenvalue weighted by Crippen LogP contribution is 2.29. The average Bonchev–Trinajstić information content (AvgIpc) is 3.21. The Hall–Kier alpha value is -3.25.